The van der Waals surface area contributed by atoms with E-state index in [1.807, 2.05) is 24.3 Å². The molecule has 0 fully saturated rings. The maximum absolute atomic E-state index is 12.3. The molecule has 2 aromatic rings. The molecule has 26 heavy (non-hydrogen) atoms. The Morgan fingerprint density at radius 3 is 1.85 bits per heavy atom. The normalized spacial score (nSPS) is 14.0. The summed E-state index contributed by atoms with van der Waals surface area (Å²) in [5.74, 6) is -0.500. The zero-order chi connectivity index (χ0) is 18.7. The van der Waals surface area contributed by atoms with Crippen molar-refractivity contribution in [2.45, 2.75) is 12.8 Å². The van der Waals surface area contributed by atoms with Crippen molar-refractivity contribution in [2.24, 2.45) is 0 Å². The lowest BCUT2D eigenvalue weighted by molar-refractivity contribution is 0.0656. The largest absolute Gasteiger partial charge is 0.274 e. The molecule has 0 N–H and O–H groups in total. The van der Waals surface area contributed by atoms with Crippen LogP contribution < -0.4 is 0 Å². The van der Waals surface area contributed by atoms with E-state index in [9.17, 15) is 18.0 Å². The minimum absolute atomic E-state index is 0.104. The van der Waals surface area contributed by atoms with Gasteiger partial charge in [0.2, 0.25) is 0 Å². The van der Waals surface area contributed by atoms with Crippen LogP contribution in [0.4, 0.5) is 0 Å². The Morgan fingerprint density at radius 2 is 1.35 bits per heavy atom. The van der Waals surface area contributed by atoms with Crippen LogP contribution in [0.15, 0.2) is 48.5 Å². The van der Waals surface area contributed by atoms with Gasteiger partial charge in [0.25, 0.3) is 21.9 Å². The second-order valence-electron chi connectivity index (χ2n) is 6.15. The minimum Gasteiger partial charge on any atom is -0.274 e. The molecule has 3 rings (SSSR count). The summed E-state index contributed by atoms with van der Waals surface area (Å²) < 4.78 is 26.6. The Kier molecular flexibility index (Phi) is 5.20. The highest BCUT2D eigenvalue weighted by molar-refractivity contribution is 7.85. The van der Waals surface area contributed by atoms with E-state index >= 15 is 0 Å². The second kappa shape index (κ2) is 7.39. The van der Waals surface area contributed by atoms with Crippen molar-refractivity contribution in [3.63, 3.8) is 0 Å². The standard InChI is InChI=1S/C19H19NO5S/c1-26(23,24)25-13-11-15-8-6-14(7-9-15)10-12-20-18(21)16-4-2-3-5-17(16)19(20)22/h2-9H,10-13H2,1H3. The van der Waals surface area contributed by atoms with Crippen LogP contribution in [0.2, 0.25) is 0 Å². The van der Waals surface area contributed by atoms with Crippen LogP contribution in [-0.4, -0.2) is 44.5 Å². The lowest BCUT2D eigenvalue weighted by Crippen LogP contribution is -2.31. The molecule has 2 aromatic carbocycles. The fourth-order valence-electron chi connectivity index (χ4n) is 2.87. The van der Waals surface area contributed by atoms with Gasteiger partial charge in [-0.05, 0) is 36.1 Å². The summed E-state index contributed by atoms with van der Waals surface area (Å²) in [4.78, 5) is 25.9. The average Bonchev–Trinajstić information content (AvgIpc) is 2.85. The molecule has 1 heterocycles. The molecule has 0 saturated carbocycles. The molecule has 1 aliphatic rings. The van der Waals surface area contributed by atoms with E-state index in [0.717, 1.165) is 17.4 Å². The number of nitrogens with zero attached hydrogens (tertiary/aromatic N) is 1. The number of amides is 2. The van der Waals surface area contributed by atoms with Gasteiger partial charge in [-0.25, -0.2) is 0 Å². The third-order valence-corrected chi connectivity index (χ3v) is 4.81. The highest BCUT2D eigenvalue weighted by Gasteiger charge is 2.34. The van der Waals surface area contributed by atoms with Gasteiger partial charge in [0, 0.05) is 6.54 Å². The molecular formula is C19H19NO5S. The van der Waals surface area contributed by atoms with Gasteiger partial charge < -0.3 is 0 Å². The molecule has 0 radical (unpaired) electrons. The summed E-state index contributed by atoms with van der Waals surface area (Å²) >= 11 is 0. The first kappa shape index (κ1) is 18.3. The summed E-state index contributed by atoms with van der Waals surface area (Å²) in [6, 6.07) is 14.4. The van der Waals surface area contributed by atoms with Gasteiger partial charge in [-0.3, -0.25) is 18.7 Å². The molecule has 136 valence electrons. The first-order chi connectivity index (χ1) is 12.3. The maximum atomic E-state index is 12.3. The van der Waals surface area contributed by atoms with Gasteiger partial charge in [-0.15, -0.1) is 0 Å². The number of hydrogen-bond donors (Lipinski definition) is 0. The van der Waals surface area contributed by atoms with Crippen LogP contribution in [0, 0.1) is 0 Å². The maximum Gasteiger partial charge on any atom is 0.264 e. The average molecular weight is 373 g/mol. The van der Waals surface area contributed by atoms with Crippen molar-refractivity contribution in [3.05, 3.63) is 70.8 Å². The first-order valence-electron chi connectivity index (χ1n) is 8.22. The zero-order valence-electron chi connectivity index (χ0n) is 14.3. The molecule has 0 spiro atoms. The molecular weight excluding hydrogens is 354 g/mol. The number of imide groups is 1. The number of hydrogen-bond acceptors (Lipinski definition) is 5. The van der Waals surface area contributed by atoms with Crippen LogP contribution >= 0.6 is 0 Å². The summed E-state index contributed by atoms with van der Waals surface area (Å²) in [5.41, 5.74) is 2.87. The summed E-state index contributed by atoms with van der Waals surface area (Å²) in [6.45, 7) is 0.427. The van der Waals surface area contributed by atoms with Gasteiger partial charge >= 0.3 is 0 Å². The van der Waals surface area contributed by atoms with E-state index in [1.54, 1.807) is 24.3 Å². The topological polar surface area (TPSA) is 80.8 Å². The van der Waals surface area contributed by atoms with Crippen LogP contribution in [0.5, 0.6) is 0 Å². The Hall–Kier alpha value is -2.51. The third-order valence-electron chi connectivity index (χ3n) is 4.21. The Balaban J connectivity index is 1.56. The molecule has 0 atom stereocenters. The predicted octanol–water partition coefficient (Wildman–Crippen LogP) is 2.04. The van der Waals surface area contributed by atoms with Crippen LogP contribution in [-0.2, 0) is 27.1 Å². The van der Waals surface area contributed by atoms with Gasteiger partial charge in [-0.1, -0.05) is 36.4 Å². The summed E-state index contributed by atoms with van der Waals surface area (Å²) in [7, 11) is -3.42. The van der Waals surface area contributed by atoms with Crippen molar-refractivity contribution in [3.8, 4) is 0 Å². The van der Waals surface area contributed by atoms with E-state index in [1.165, 1.54) is 4.90 Å². The number of fused-ring (bicyclic) bond motifs is 1. The van der Waals surface area contributed by atoms with Crippen molar-refractivity contribution >= 4 is 21.9 Å². The van der Waals surface area contributed by atoms with Crippen LogP contribution in [0.25, 0.3) is 0 Å². The Labute approximate surface area is 152 Å². The van der Waals surface area contributed by atoms with Crippen LogP contribution in [0.1, 0.15) is 31.8 Å². The molecule has 0 aromatic heterocycles. The third kappa shape index (κ3) is 4.17. The van der Waals surface area contributed by atoms with Crippen molar-refractivity contribution < 1.29 is 22.2 Å². The van der Waals surface area contributed by atoms with Crippen molar-refractivity contribution in [1.82, 2.24) is 4.90 Å². The lowest BCUT2D eigenvalue weighted by atomic mass is 10.1. The first-order valence-corrected chi connectivity index (χ1v) is 10.0. The predicted molar refractivity (Wildman–Crippen MR) is 96.5 cm³/mol. The number of carbonyl (C=O) groups is 2. The molecule has 2 amide bonds. The van der Waals surface area contributed by atoms with E-state index in [2.05, 4.69) is 0 Å². The molecule has 0 bridgehead atoms. The van der Waals surface area contributed by atoms with Crippen molar-refractivity contribution in [1.29, 1.82) is 0 Å². The SMILES string of the molecule is CS(=O)(=O)OCCc1ccc(CCN2C(=O)c3ccccc3C2=O)cc1. The van der Waals surface area contributed by atoms with Gasteiger partial charge in [0.1, 0.15) is 0 Å². The number of rotatable bonds is 7. The smallest absolute Gasteiger partial charge is 0.264 e. The van der Waals surface area contributed by atoms with E-state index in [4.69, 9.17) is 4.18 Å². The zero-order valence-corrected chi connectivity index (χ0v) is 15.2. The molecule has 0 saturated heterocycles. The minimum atomic E-state index is -3.42. The Morgan fingerprint density at radius 1 is 0.846 bits per heavy atom. The van der Waals surface area contributed by atoms with E-state index < -0.39 is 10.1 Å². The lowest BCUT2D eigenvalue weighted by Gasteiger charge is -2.13. The number of carbonyl (C=O) groups excluding carboxylic acids is 2. The summed E-state index contributed by atoms with van der Waals surface area (Å²) in [6.07, 6.45) is 2.08. The quantitative estimate of drug-likeness (QED) is 0.548. The van der Waals surface area contributed by atoms with Gasteiger partial charge in [0.05, 0.1) is 24.0 Å². The number of benzene rings is 2. The highest BCUT2D eigenvalue weighted by atomic mass is 32.2. The van der Waals surface area contributed by atoms with Crippen LogP contribution in [0.3, 0.4) is 0 Å². The summed E-state index contributed by atoms with van der Waals surface area (Å²) in [5, 5.41) is 0. The monoisotopic (exact) mass is 373 g/mol. The highest BCUT2D eigenvalue weighted by Crippen LogP contribution is 2.22. The molecule has 1 aliphatic heterocycles. The van der Waals surface area contributed by atoms with Gasteiger partial charge in [-0.2, -0.15) is 8.42 Å². The molecule has 7 heteroatoms. The van der Waals surface area contributed by atoms with E-state index in [0.29, 0.717) is 30.5 Å². The van der Waals surface area contributed by atoms with E-state index in [-0.39, 0.29) is 18.4 Å². The molecule has 0 aliphatic carbocycles. The Bertz CT molecular complexity index is 900. The second-order valence-corrected chi connectivity index (χ2v) is 7.79. The fraction of sp³-hybridized carbons (Fsp3) is 0.263. The van der Waals surface area contributed by atoms with Crippen molar-refractivity contribution in [2.75, 3.05) is 19.4 Å². The molecule has 6 nitrogen and oxygen atoms in total. The fourth-order valence-corrected chi connectivity index (χ4v) is 3.25. The molecule has 0 unspecified atom stereocenters. The van der Waals surface area contributed by atoms with Gasteiger partial charge in [0.15, 0.2) is 0 Å².